The number of rotatable bonds is 7. The molecule has 36 heavy (non-hydrogen) atoms. The number of hydrogen-bond donors (Lipinski definition) is 3. The van der Waals surface area contributed by atoms with Crippen molar-refractivity contribution in [1.82, 2.24) is 9.88 Å². The first-order valence-electron chi connectivity index (χ1n) is 10.6. The smallest absolute Gasteiger partial charge is 0.416 e. The van der Waals surface area contributed by atoms with Gasteiger partial charge in [0.2, 0.25) is 6.79 Å². The van der Waals surface area contributed by atoms with Crippen LogP contribution in [0.5, 0.6) is 11.5 Å². The van der Waals surface area contributed by atoms with E-state index in [4.69, 9.17) is 9.47 Å². The summed E-state index contributed by atoms with van der Waals surface area (Å²) in [5.41, 5.74) is -0.927. The van der Waals surface area contributed by atoms with E-state index in [1.807, 2.05) is 0 Å². The highest BCUT2D eigenvalue weighted by Crippen LogP contribution is 2.35. The van der Waals surface area contributed by atoms with E-state index in [2.05, 4.69) is 10.6 Å². The average Bonchev–Trinajstić information content (AvgIpc) is 3.28. The Morgan fingerprint density at radius 1 is 1.06 bits per heavy atom. The van der Waals surface area contributed by atoms with E-state index < -0.39 is 41.8 Å². The first-order valence-corrected chi connectivity index (χ1v) is 10.6. The Balaban J connectivity index is 1.49. The van der Waals surface area contributed by atoms with Gasteiger partial charge in [-0.15, -0.1) is 0 Å². The van der Waals surface area contributed by atoms with Crippen LogP contribution in [0.3, 0.4) is 0 Å². The molecule has 2 aromatic carbocycles. The number of anilines is 1. The minimum atomic E-state index is -4.52. The van der Waals surface area contributed by atoms with E-state index >= 15 is 0 Å². The largest absolute Gasteiger partial charge is 0.481 e. The van der Waals surface area contributed by atoms with Gasteiger partial charge in [-0.1, -0.05) is 18.2 Å². The first-order chi connectivity index (χ1) is 17.1. The van der Waals surface area contributed by atoms with Crippen LogP contribution in [-0.2, 0) is 17.5 Å². The number of carboxylic acid groups (broad SMARTS) is 1. The molecule has 3 aromatic rings. The van der Waals surface area contributed by atoms with Crippen molar-refractivity contribution in [3.63, 3.8) is 0 Å². The Morgan fingerprint density at radius 3 is 2.58 bits per heavy atom. The predicted octanol–water partition coefficient (Wildman–Crippen LogP) is 3.98. The Labute approximate surface area is 202 Å². The van der Waals surface area contributed by atoms with Crippen molar-refractivity contribution in [2.24, 2.45) is 0 Å². The third-order valence-corrected chi connectivity index (χ3v) is 5.36. The number of nitrogens with one attached hydrogen (secondary N) is 2. The normalized spacial score (nSPS) is 13.2. The quantitative estimate of drug-likeness (QED) is 0.449. The lowest BCUT2D eigenvalue weighted by molar-refractivity contribution is -0.138. The number of carbonyl (C=O) groups excluding carboxylic acids is 1. The van der Waals surface area contributed by atoms with E-state index in [1.165, 1.54) is 30.5 Å². The van der Waals surface area contributed by atoms with Gasteiger partial charge in [-0.05, 0) is 47.5 Å². The van der Waals surface area contributed by atoms with Gasteiger partial charge in [0.25, 0.3) is 5.56 Å². The molecule has 2 amide bonds. The number of aliphatic carboxylic acids is 1. The number of hydrogen-bond acceptors (Lipinski definition) is 5. The van der Waals surface area contributed by atoms with E-state index in [1.54, 1.807) is 18.2 Å². The van der Waals surface area contributed by atoms with Crippen molar-refractivity contribution >= 4 is 17.7 Å². The fraction of sp³-hybridized carbons (Fsp3) is 0.208. The summed E-state index contributed by atoms with van der Waals surface area (Å²) in [6.07, 6.45) is -3.58. The van der Waals surface area contributed by atoms with Crippen molar-refractivity contribution in [3.8, 4) is 11.5 Å². The van der Waals surface area contributed by atoms with Crippen LogP contribution in [0.4, 0.5) is 23.7 Å². The molecule has 0 bridgehead atoms. The zero-order valence-corrected chi connectivity index (χ0v) is 18.5. The lowest BCUT2D eigenvalue weighted by Gasteiger charge is -2.18. The van der Waals surface area contributed by atoms with Crippen LogP contribution in [0, 0.1) is 0 Å². The third-order valence-electron chi connectivity index (χ3n) is 5.36. The molecule has 1 aliphatic rings. The molecule has 0 fully saturated rings. The molecule has 0 unspecified atom stereocenters. The minimum Gasteiger partial charge on any atom is -0.481 e. The molecule has 0 spiro atoms. The summed E-state index contributed by atoms with van der Waals surface area (Å²) in [6, 6.07) is 10.3. The van der Waals surface area contributed by atoms with Crippen molar-refractivity contribution in [1.29, 1.82) is 0 Å². The molecular weight excluding hydrogens is 483 g/mol. The van der Waals surface area contributed by atoms with Crippen LogP contribution >= 0.6 is 0 Å². The molecule has 188 valence electrons. The van der Waals surface area contributed by atoms with Crippen LogP contribution < -0.4 is 25.7 Å². The summed E-state index contributed by atoms with van der Waals surface area (Å²) in [7, 11) is 0. The maximum atomic E-state index is 13.0. The monoisotopic (exact) mass is 503 g/mol. The number of halogens is 3. The second-order valence-corrected chi connectivity index (χ2v) is 7.91. The van der Waals surface area contributed by atoms with Crippen molar-refractivity contribution in [2.75, 3.05) is 12.1 Å². The van der Waals surface area contributed by atoms with E-state index in [9.17, 15) is 32.7 Å². The second-order valence-electron chi connectivity index (χ2n) is 7.91. The van der Waals surface area contributed by atoms with Crippen LogP contribution in [0.25, 0.3) is 0 Å². The fourth-order valence-electron chi connectivity index (χ4n) is 3.67. The van der Waals surface area contributed by atoms with Gasteiger partial charge in [0.05, 0.1) is 24.6 Å². The predicted molar refractivity (Wildman–Crippen MR) is 121 cm³/mol. The van der Waals surface area contributed by atoms with Gasteiger partial charge < -0.3 is 29.8 Å². The Hall–Kier alpha value is -4.48. The minimum absolute atomic E-state index is 0.0249. The van der Waals surface area contributed by atoms with Gasteiger partial charge in [-0.3, -0.25) is 9.59 Å². The summed E-state index contributed by atoms with van der Waals surface area (Å²) < 4.78 is 50.7. The molecule has 0 radical (unpaired) electrons. The maximum absolute atomic E-state index is 13.0. The molecule has 2 heterocycles. The van der Waals surface area contributed by atoms with Crippen molar-refractivity contribution in [2.45, 2.75) is 25.2 Å². The second kappa shape index (κ2) is 10.0. The maximum Gasteiger partial charge on any atom is 0.416 e. The summed E-state index contributed by atoms with van der Waals surface area (Å²) in [4.78, 5) is 36.8. The van der Waals surface area contributed by atoms with Crippen molar-refractivity contribution in [3.05, 3.63) is 87.8 Å². The van der Waals surface area contributed by atoms with Gasteiger partial charge in [0.1, 0.15) is 5.69 Å². The van der Waals surface area contributed by atoms with Crippen LogP contribution in [0.1, 0.15) is 29.2 Å². The highest BCUT2D eigenvalue weighted by molar-refractivity contribution is 5.89. The van der Waals surface area contributed by atoms with Gasteiger partial charge in [-0.2, -0.15) is 13.2 Å². The molecule has 12 heteroatoms. The summed E-state index contributed by atoms with van der Waals surface area (Å²) in [5, 5.41) is 14.2. The highest BCUT2D eigenvalue weighted by Gasteiger charge is 2.30. The molecule has 0 saturated heterocycles. The molecule has 1 atom stereocenters. The first kappa shape index (κ1) is 24.6. The molecule has 1 aromatic heterocycles. The number of urea groups is 1. The number of pyridine rings is 1. The Kier molecular flexibility index (Phi) is 6.86. The lowest BCUT2D eigenvalue weighted by atomic mass is 10.0. The van der Waals surface area contributed by atoms with Gasteiger partial charge in [0.15, 0.2) is 11.5 Å². The van der Waals surface area contributed by atoms with E-state index in [0.29, 0.717) is 17.1 Å². The number of aromatic nitrogens is 1. The Bertz CT molecular complexity index is 1360. The van der Waals surface area contributed by atoms with Crippen molar-refractivity contribution < 1.29 is 37.3 Å². The molecule has 0 aliphatic carbocycles. The number of alkyl halides is 3. The summed E-state index contributed by atoms with van der Waals surface area (Å²) in [6.45, 7) is -0.129. The van der Waals surface area contributed by atoms with E-state index in [0.717, 1.165) is 16.7 Å². The highest BCUT2D eigenvalue weighted by atomic mass is 19.4. The van der Waals surface area contributed by atoms with Gasteiger partial charge in [-0.25, -0.2) is 4.79 Å². The summed E-state index contributed by atoms with van der Waals surface area (Å²) >= 11 is 0. The van der Waals surface area contributed by atoms with E-state index in [-0.39, 0.29) is 24.6 Å². The zero-order chi connectivity index (χ0) is 25.9. The SMILES string of the molecule is O=C(O)C[C@H](NC(=O)Nc1cccn(Cc2cccc(C(F)(F)F)c2)c1=O)c1ccc2c(c1)OCO2. The number of amides is 2. The molecule has 3 N–H and O–H groups in total. The van der Waals surface area contributed by atoms with Crippen LogP contribution in [0.15, 0.2) is 65.6 Å². The van der Waals surface area contributed by atoms with Crippen LogP contribution in [0.2, 0.25) is 0 Å². The number of fused-ring (bicyclic) bond motifs is 1. The summed E-state index contributed by atoms with van der Waals surface area (Å²) in [5.74, 6) is -0.269. The lowest BCUT2D eigenvalue weighted by Crippen LogP contribution is -2.36. The van der Waals surface area contributed by atoms with Gasteiger partial charge >= 0.3 is 18.2 Å². The molecule has 1 aliphatic heterocycles. The third kappa shape index (κ3) is 5.77. The molecule has 4 rings (SSSR count). The zero-order valence-electron chi connectivity index (χ0n) is 18.5. The number of nitrogens with zero attached hydrogens (tertiary/aromatic N) is 1. The number of carboxylic acids is 1. The Morgan fingerprint density at radius 2 is 1.83 bits per heavy atom. The standard InChI is InChI=1S/C24H20F3N3O6/c25-24(26,27)16-4-1-3-14(9-16)12-30-8-2-5-17(22(30)33)28-23(34)29-18(11-21(31)32)15-6-7-19-20(10-15)36-13-35-19/h1-10,18H,11-13H2,(H,31,32)(H2,28,29,34)/t18-/m0/s1. The molecule has 0 saturated carbocycles. The number of carbonyl (C=O) groups is 2. The number of ether oxygens (including phenoxy) is 2. The fourth-order valence-corrected chi connectivity index (χ4v) is 3.67. The molecule has 9 nitrogen and oxygen atoms in total. The molecular formula is C24H20F3N3O6. The number of benzene rings is 2. The van der Waals surface area contributed by atoms with Gasteiger partial charge in [0, 0.05) is 6.20 Å². The van der Waals surface area contributed by atoms with Crippen LogP contribution in [-0.4, -0.2) is 28.5 Å². The average molecular weight is 503 g/mol. The topological polar surface area (TPSA) is 119 Å².